The first kappa shape index (κ1) is 12.0. The number of carbonyl (C=O) groups excluding carboxylic acids is 1. The number of unbranched alkanes of at least 4 members (excludes halogenated alkanes) is 1. The molecule has 76 valence electrons. The molecule has 3 heteroatoms. The molecule has 0 saturated heterocycles. The van der Waals surface area contributed by atoms with Crippen LogP contribution >= 0.6 is 0 Å². The molecular formula is C10H18O3. The smallest absolute Gasteiger partial charge is 0.334 e. The maximum Gasteiger partial charge on any atom is 0.334 e. The molecule has 0 amide bonds. The van der Waals surface area contributed by atoms with Crippen LogP contribution in [0.1, 0.15) is 33.6 Å². The summed E-state index contributed by atoms with van der Waals surface area (Å²) in [6.07, 6.45) is 3.47. The van der Waals surface area contributed by atoms with Crippen LogP contribution in [-0.4, -0.2) is 19.2 Å². The molecule has 0 bridgehead atoms. The Labute approximate surface area is 79.7 Å². The molecule has 0 aromatic heterocycles. The second kappa shape index (κ2) is 7.65. The maximum atomic E-state index is 10.9. The van der Waals surface area contributed by atoms with Gasteiger partial charge in [-0.2, -0.15) is 0 Å². The largest absolute Gasteiger partial charge is 0.498 e. The second-order valence-corrected chi connectivity index (χ2v) is 2.71. The van der Waals surface area contributed by atoms with Crippen molar-refractivity contribution >= 4 is 5.97 Å². The number of hydrogen-bond acceptors (Lipinski definition) is 3. The number of esters is 1. The molecule has 0 saturated carbocycles. The van der Waals surface area contributed by atoms with Gasteiger partial charge < -0.3 is 9.47 Å². The minimum Gasteiger partial charge on any atom is -0.498 e. The highest BCUT2D eigenvalue weighted by molar-refractivity contribution is 5.82. The summed E-state index contributed by atoms with van der Waals surface area (Å²) in [7, 11) is 0. The minimum absolute atomic E-state index is 0.337. The summed E-state index contributed by atoms with van der Waals surface area (Å²) < 4.78 is 9.98. The Kier molecular flexibility index (Phi) is 7.07. The zero-order chi connectivity index (χ0) is 10.1. The van der Waals surface area contributed by atoms with Crippen LogP contribution in [0.4, 0.5) is 0 Å². The van der Waals surface area contributed by atoms with Crippen LogP contribution in [0.5, 0.6) is 0 Å². The van der Waals surface area contributed by atoms with Gasteiger partial charge in [0, 0.05) is 0 Å². The molecular weight excluding hydrogens is 168 g/mol. The molecule has 0 aromatic rings. The van der Waals surface area contributed by atoms with Gasteiger partial charge in [-0.25, -0.2) is 4.79 Å². The van der Waals surface area contributed by atoms with E-state index in [9.17, 15) is 4.79 Å². The summed E-state index contributed by atoms with van der Waals surface area (Å²) in [6.45, 7) is 6.69. The second-order valence-electron chi connectivity index (χ2n) is 2.71. The Bertz CT molecular complexity index is 173. The van der Waals surface area contributed by atoms with Crippen LogP contribution in [0.15, 0.2) is 11.8 Å². The standard InChI is InChI=1S/C10H18O3/c1-4-6-7-13-9(3)8-10(11)12-5-2/h8H,4-7H2,1-3H3. The van der Waals surface area contributed by atoms with Crippen molar-refractivity contribution in [3.63, 3.8) is 0 Å². The van der Waals surface area contributed by atoms with Gasteiger partial charge in [-0.05, 0) is 20.3 Å². The number of ether oxygens (including phenoxy) is 2. The zero-order valence-electron chi connectivity index (χ0n) is 8.63. The van der Waals surface area contributed by atoms with Gasteiger partial charge in [0.05, 0.1) is 19.3 Å². The van der Waals surface area contributed by atoms with Gasteiger partial charge in [-0.15, -0.1) is 0 Å². The quantitative estimate of drug-likeness (QED) is 0.276. The van der Waals surface area contributed by atoms with E-state index in [-0.39, 0.29) is 5.97 Å². The van der Waals surface area contributed by atoms with Gasteiger partial charge >= 0.3 is 5.97 Å². The van der Waals surface area contributed by atoms with E-state index in [1.54, 1.807) is 13.8 Å². The first-order valence-corrected chi connectivity index (χ1v) is 4.68. The van der Waals surface area contributed by atoms with Crippen molar-refractivity contribution in [1.82, 2.24) is 0 Å². The lowest BCUT2D eigenvalue weighted by Crippen LogP contribution is -2.02. The molecule has 0 fully saturated rings. The van der Waals surface area contributed by atoms with E-state index in [4.69, 9.17) is 9.47 Å². The fourth-order valence-corrected chi connectivity index (χ4v) is 0.769. The Balaban J connectivity index is 3.67. The lowest BCUT2D eigenvalue weighted by Gasteiger charge is -2.04. The SMILES string of the molecule is CCCCOC(C)=CC(=O)OCC. The van der Waals surface area contributed by atoms with Gasteiger partial charge in [-0.1, -0.05) is 13.3 Å². The van der Waals surface area contributed by atoms with Crippen LogP contribution in [0.2, 0.25) is 0 Å². The van der Waals surface area contributed by atoms with Crippen LogP contribution in [-0.2, 0) is 14.3 Å². The molecule has 0 unspecified atom stereocenters. The molecule has 0 aromatic carbocycles. The summed E-state index contributed by atoms with van der Waals surface area (Å²) in [5.74, 6) is 0.281. The molecule has 0 aliphatic carbocycles. The van der Waals surface area contributed by atoms with Crippen LogP contribution < -0.4 is 0 Å². The third-order valence-electron chi connectivity index (χ3n) is 1.44. The molecule has 0 heterocycles. The molecule has 0 N–H and O–H groups in total. The Hall–Kier alpha value is -0.990. The topological polar surface area (TPSA) is 35.5 Å². The van der Waals surface area contributed by atoms with Gasteiger partial charge in [0.25, 0.3) is 0 Å². The Morgan fingerprint density at radius 3 is 2.54 bits per heavy atom. The molecule has 0 aliphatic rings. The minimum atomic E-state index is -0.337. The number of hydrogen-bond donors (Lipinski definition) is 0. The van der Waals surface area contributed by atoms with Crippen molar-refractivity contribution in [2.75, 3.05) is 13.2 Å². The van der Waals surface area contributed by atoms with E-state index in [2.05, 4.69) is 6.92 Å². The van der Waals surface area contributed by atoms with Crippen molar-refractivity contribution in [2.24, 2.45) is 0 Å². The normalized spacial score (nSPS) is 11.2. The molecule has 3 nitrogen and oxygen atoms in total. The summed E-state index contributed by atoms with van der Waals surface area (Å²) in [4.78, 5) is 10.9. The molecule has 0 spiro atoms. The van der Waals surface area contributed by atoms with E-state index in [0.29, 0.717) is 19.0 Å². The average molecular weight is 186 g/mol. The Morgan fingerprint density at radius 2 is 2.00 bits per heavy atom. The lowest BCUT2D eigenvalue weighted by atomic mass is 10.4. The number of rotatable bonds is 6. The third kappa shape index (κ3) is 7.37. The fourth-order valence-electron chi connectivity index (χ4n) is 0.769. The molecule has 0 atom stereocenters. The van der Waals surface area contributed by atoms with Crippen molar-refractivity contribution in [2.45, 2.75) is 33.6 Å². The van der Waals surface area contributed by atoms with E-state index in [1.165, 1.54) is 6.08 Å². The van der Waals surface area contributed by atoms with E-state index >= 15 is 0 Å². The van der Waals surface area contributed by atoms with Crippen molar-refractivity contribution < 1.29 is 14.3 Å². The maximum absolute atomic E-state index is 10.9. The number of allylic oxidation sites excluding steroid dienone is 1. The summed E-state index contributed by atoms with van der Waals surface area (Å²) in [5, 5.41) is 0. The van der Waals surface area contributed by atoms with Gasteiger partial charge in [-0.3, -0.25) is 0 Å². The number of carbonyl (C=O) groups is 1. The van der Waals surface area contributed by atoms with E-state index in [0.717, 1.165) is 12.8 Å². The van der Waals surface area contributed by atoms with Crippen LogP contribution in [0.25, 0.3) is 0 Å². The summed E-state index contributed by atoms with van der Waals surface area (Å²) >= 11 is 0. The van der Waals surface area contributed by atoms with Gasteiger partial charge in [0.2, 0.25) is 0 Å². The Morgan fingerprint density at radius 1 is 1.31 bits per heavy atom. The predicted octanol–water partition coefficient (Wildman–Crippen LogP) is 2.27. The first-order chi connectivity index (χ1) is 6.20. The molecule has 13 heavy (non-hydrogen) atoms. The summed E-state index contributed by atoms with van der Waals surface area (Å²) in [5.41, 5.74) is 0. The fraction of sp³-hybridized carbons (Fsp3) is 0.700. The molecule has 0 radical (unpaired) electrons. The first-order valence-electron chi connectivity index (χ1n) is 4.68. The van der Waals surface area contributed by atoms with Crippen molar-refractivity contribution in [3.8, 4) is 0 Å². The highest BCUT2D eigenvalue weighted by Gasteiger charge is 1.97. The molecule has 0 aliphatic heterocycles. The monoisotopic (exact) mass is 186 g/mol. The summed E-state index contributed by atoms with van der Waals surface area (Å²) in [6, 6.07) is 0. The average Bonchev–Trinajstić information content (AvgIpc) is 2.05. The lowest BCUT2D eigenvalue weighted by molar-refractivity contribution is -0.137. The van der Waals surface area contributed by atoms with E-state index < -0.39 is 0 Å². The highest BCUT2D eigenvalue weighted by Crippen LogP contribution is 1.98. The highest BCUT2D eigenvalue weighted by atomic mass is 16.5. The van der Waals surface area contributed by atoms with Crippen molar-refractivity contribution in [3.05, 3.63) is 11.8 Å². The van der Waals surface area contributed by atoms with Crippen molar-refractivity contribution in [1.29, 1.82) is 0 Å². The van der Waals surface area contributed by atoms with Crippen LogP contribution in [0.3, 0.4) is 0 Å². The predicted molar refractivity (Wildman–Crippen MR) is 51.3 cm³/mol. The third-order valence-corrected chi connectivity index (χ3v) is 1.44. The van der Waals surface area contributed by atoms with E-state index in [1.807, 2.05) is 0 Å². The molecule has 0 rings (SSSR count). The zero-order valence-corrected chi connectivity index (χ0v) is 8.63. The van der Waals surface area contributed by atoms with Gasteiger partial charge in [0.1, 0.15) is 5.76 Å². The van der Waals surface area contributed by atoms with Gasteiger partial charge in [0.15, 0.2) is 0 Å². The van der Waals surface area contributed by atoms with Crippen LogP contribution in [0, 0.1) is 0 Å².